The van der Waals surface area contributed by atoms with Crippen LogP contribution in [0, 0.1) is 10.1 Å². The number of nitro benzene ring substituents is 1. The molecule has 1 amide bonds. The molecule has 1 atom stereocenters. The lowest BCUT2D eigenvalue weighted by Crippen LogP contribution is -2.41. The van der Waals surface area contributed by atoms with Crippen molar-refractivity contribution in [2.24, 2.45) is 0 Å². The number of amides is 1. The Morgan fingerprint density at radius 1 is 1.35 bits per heavy atom. The minimum atomic E-state index is -0.556. The second-order valence-corrected chi connectivity index (χ2v) is 6.27. The SMILES string of the molecule is COc1ccc(C(=O)NCC(C)N2CCc3ccccc32)cc1[N+](=O)[O-]. The summed E-state index contributed by atoms with van der Waals surface area (Å²) >= 11 is 0. The number of carbonyl (C=O) groups is 1. The van der Waals surface area contributed by atoms with Gasteiger partial charge in [0.15, 0.2) is 5.75 Å². The number of hydrogen-bond acceptors (Lipinski definition) is 5. The molecule has 0 bridgehead atoms. The molecule has 0 radical (unpaired) electrons. The molecular formula is C19H21N3O4. The second-order valence-electron chi connectivity index (χ2n) is 6.27. The fraction of sp³-hybridized carbons (Fsp3) is 0.316. The molecule has 1 aliphatic heterocycles. The Kier molecular flexibility index (Phi) is 5.06. The van der Waals surface area contributed by atoms with Crippen LogP contribution in [0.1, 0.15) is 22.8 Å². The number of nitro groups is 1. The van der Waals surface area contributed by atoms with Crippen LogP contribution < -0.4 is 15.0 Å². The van der Waals surface area contributed by atoms with Gasteiger partial charge in [0.25, 0.3) is 5.91 Å². The lowest BCUT2D eigenvalue weighted by Gasteiger charge is -2.27. The first kappa shape index (κ1) is 17.7. The standard InChI is InChI=1S/C19H21N3O4/c1-13(21-10-9-14-5-3-4-6-16(14)21)12-20-19(23)15-7-8-18(26-2)17(11-15)22(24)25/h3-8,11,13H,9-10,12H2,1-2H3,(H,20,23). The summed E-state index contributed by atoms with van der Waals surface area (Å²) in [5.41, 5.74) is 2.54. The number of hydrogen-bond donors (Lipinski definition) is 1. The normalized spacial score (nSPS) is 13.8. The maximum Gasteiger partial charge on any atom is 0.311 e. The molecular weight excluding hydrogens is 334 g/mol. The smallest absolute Gasteiger partial charge is 0.311 e. The van der Waals surface area contributed by atoms with Crippen molar-refractivity contribution in [3.63, 3.8) is 0 Å². The molecule has 1 heterocycles. The zero-order valence-corrected chi connectivity index (χ0v) is 14.8. The van der Waals surface area contributed by atoms with Crippen molar-refractivity contribution in [3.8, 4) is 5.75 Å². The number of fused-ring (bicyclic) bond motifs is 1. The van der Waals surface area contributed by atoms with E-state index in [0.717, 1.165) is 13.0 Å². The number of benzene rings is 2. The number of anilines is 1. The van der Waals surface area contributed by atoms with Crippen molar-refractivity contribution in [3.05, 3.63) is 63.7 Å². The van der Waals surface area contributed by atoms with Crippen LogP contribution in [-0.2, 0) is 6.42 Å². The van der Waals surface area contributed by atoms with Gasteiger partial charge in [-0.05, 0) is 37.1 Å². The average Bonchev–Trinajstić information content (AvgIpc) is 3.09. The van der Waals surface area contributed by atoms with Crippen LogP contribution in [-0.4, -0.2) is 37.1 Å². The van der Waals surface area contributed by atoms with Gasteiger partial charge >= 0.3 is 5.69 Å². The lowest BCUT2D eigenvalue weighted by molar-refractivity contribution is -0.385. The third-order valence-electron chi connectivity index (χ3n) is 4.65. The fourth-order valence-electron chi connectivity index (χ4n) is 3.25. The highest BCUT2D eigenvalue weighted by Crippen LogP contribution is 2.29. The maximum absolute atomic E-state index is 12.4. The van der Waals surface area contributed by atoms with Crippen LogP contribution in [0.2, 0.25) is 0 Å². The van der Waals surface area contributed by atoms with Gasteiger partial charge in [0.2, 0.25) is 0 Å². The van der Waals surface area contributed by atoms with Gasteiger partial charge in [-0.3, -0.25) is 14.9 Å². The first-order valence-corrected chi connectivity index (χ1v) is 8.46. The Morgan fingerprint density at radius 3 is 2.85 bits per heavy atom. The quantitative estimate of drug-likeness (QED) is 0.636. The van der Waals surface area contributed by atoms with Crippen LogP contribution in [0.15, 0.2) is 42.5 Å². The number of ether oxygens (including phenoxy) is 1. The molecule has 3 rings (SSSR count). The van der Waals surface area contributed by atoms with Gasteiger partial charge in [-0.2, -0.15) is 0 Å². The number of nitrogens with zero attached hydrogens (tertiary/aromatic N) is 2. The summed E-state index contributed by atoms with van der Waals surface area (Å²) in [5.74, 6) is -0.205. The van der Waals surface area contributed by atoms with Crippen LogP contribution >= 0.6 is 0 Å². The molecule has 136 valence electrons. The first-order valence-electron chi connectivity index (χ1n) is 8.46. The molecule has 7 heteroatoms. The number of para-hydroxylation sites is 1. The summed E-state index contributed by atoms with van der Waals surface area (Å²) < 4.78 is 4.96. The van der Waals surface area contributed by atoms with Gasteiger partial charge in [-0.25, -0.2) is 0 Å². The largest absolute Gasteiger partial charge is 0.490 e. The summed E-state index contributed by atoms with van der Waals surface area (Å²) in [5, 5.41) is 14.0. The van der Waals surface area contributed by atoms with E-state index in [0.29, 0.717) is 6.54 Å². The molecule has 0 aromatic heterocycles. The monoisotopic (exact) mass is 355 g/mol. The predicted molar refractivity (Wildman–Crippen MR) is 98.9 cm³/mol. The zero-order chi connectivity index (χ0) is 18.7. The topological polar surface area (TPSA) is 84.7 Å². The highest BCUT2D eigenvalue weighted by atomic mass is 16.6. The highest BCUT2D eigenvalue weighted by molar-refractivity contribution is 5.95. The molecule has 1 unspecified atom stereocenters. The third kappa shape index (κ3) is 3.46. The van der Waals surface area contributed by atoms with Gasteiger partial charge in [0.05, 0.1) is 12.0 Å². The highest BCUT2D eigenvalue weighted by Gasteiger charge is 2.24. The van der Waals surface area contributed by atoms with E-state index in [2.05, 4.69) is 29.3 Å². The zero-order valence-electron chi connectivity index (χ0n) is 14.8. The lowest BCUT2D eigenvalue weighted by atomic mass is 10.1. The minimum absolute atomic E-state index is 0.121. The summed E-state index contributed by atoms with van der Waals surface area (Å²) in [6, 6.07) is 12.6. The van der Waals surface area contributed by atoms with Crippen molar-refractivity contribution in [1.82, 2.24) is 5.32 Å². The molecule has 0 fully saturated rings. The van der Waals surface area contributed by atoms with E-state index >= 15 is 0 Å². The summed E-state index contributed by atoms with van der Waals surface area (Å²) in [4.78, 5) is 25.2. The Hall–Kier alpha value is -3.09. The molecule has 2 aromatic rings. The van der Waals surface area contributed by atoms with Gasteiger partial charge in [0.1, 0.15) is 0 Å². The Labute approximate surface area is 151 Å². The van der Waals surface area contributed by atoms with Crippen LogP contribution in [0.4, 0.5) is 11.4 Å². The number of carbonyl (C=O) groups excluding carboxylic acids is 1. The Bertz CT molecular complexity index is 837. The van der Waals surface area contributed by atoms with E-state index in [1.165, 1.54) is 36.6 Å². The van der Waals surface area contributed by atoms with Crippen molar-refractivity contribution >= 4 is 17.3 Å². The molecule has 1 N–H and O–H groups in total. The first-order chi connectivity index (χ1) is 12.5. The predicted octanol–water partition coefficient (Wildman–Crippen LogP) is 2.78. The molecule has 1 aliphatic rings. The Morgan fingerprint density at radius 2 is 2.12 bits per heavy atom. The molecule has 0 saturated carbocycles. The summed E-state index contributed by atoms with van der Waals surface area (Å²) in [6.07, 6.45) is 0.999. The van der Waals surface area contributed by atoms with Crippen molar-refractivity contribution in [1.29, 1.82) is 0 Å². The van der Waals surface area contributed by atoms with E-state index in [1.807, 2.05) is 12.1 Å². The van der Waals surface area contributed by atoms with E-state index in [9.17, 15) is 14.9 Å². The summed E-state index contributed by atoms with van der Waals surface area (Å²) in [7, 11) is 1.36. The van der Waals surface area contributed by atoms with Crippen LogP contribution in [0.5, 0.6) is 5.75 Å². The van der Waals surface area contributed by atoms with E-state index in [4.69, 9.17) is 4.74 Å². The maximum atomic E-state index is 12.4. The van der Waals surface area contributed by atoms with Crippen LogP contribution in [0.25, 0.3) is 0 Å². The number of rotatable bonds is 6. The van der Waals surface area contributed by atoms with Crippen LogP contribution in [0.3, 0.4) is 0 Å². The van der Waals surface area contributed by atoms with Crippen molar-refractivity contribution < 1.29 is 14.5 Å². The van der Waals surface area contributed by atoms with Gasteiger partial charge in [-0.15, -0.1) is 0 Å². The number of nitrogens with one attached hydrogen (secondary N) is 1. The van der Waals surface area contributed by atoms with Gasteiger partial charge in [0, 0.05) is 36.4 Å². The van der Waals surface area contributed by atoms with Crippen molar-refractivity contribution in [2.45, 2.75) is 19.4 Å². The molecule has 0 aliphatic carbocycles. The van der Waals surface area contributed by atoms with E-state index in [1.54, 1.807) is 0 Å². The second kappa shape index (κ2) is 7.43. The molecule has 0 spiro atoms. The minimum Gasteiger partial charge on any atom is -0.490 e. The summed E-state index contributed by atoms with van der Waals surface area (Å²) in [6.45, 7) is 3.43. The fourth-order valence-corrected chi connectivity index (χ4v) is 3.25. The average molecular weight is 355 g/mol. The van der Waals surface area contributed by atoms with Gasteiger partial charge in [-0.1, -0.05) is 18.2 Å². The van der Waals surface area contributed by atoms with E-state index in [-0.39, 0.29) is 28.9 Å². The van der Waals surface area contributed by atoms with Crippen molar-refractivity contribution in [2.75, 3.05) is 25.1 Å². The van der Waals surface area contributed by atoms with Gasteiger partial charge < -0.3 is 15.0 Å². The van der Waals surface area contributed by atoms with E-state index < -0.39 is 4.92 Å². The molecule has 0 saturated heterocycles. The Balaban J connectivity index is 1.66. The number of methoxy groups -OCH3 is 1. The third-order valence-corrected chi connectivity index (χ3v) is 4.65. The molecule has 26 heavy (non-hydrogen) atoms. The molecule has 7 nitrogen and oxygen atoms in total. The molecule has 2 aromatic carbocycles.